The van der Waals surface area contributed by atoms with Gasteiger partial charge in [-0.15, -0.1) is 11.3 Å². The minimum absolute atomic E-state index is 0.0577. The first-order valence-corrected chi connectivity index (χ1v) is 7.72. The van der Waals surface area contributed by atoms with Crippen LogP contribution in [0.25, 0.3) is 0 Å². The first kappa shape index (κ1) is 13.9. The molecule has 5 nitrogen and oxygen atoms in total. The predicted octanol–water partition coefficient (Wildman–Crippen LogP) is 1.90. The number of anilines is 1. The maximum absolute atomic E-state index is 13.2. The highest BCUT2D eigenvalue weighted by molar-refractivity contribution is 7.89. The molecule has 0 saturated carbocycles. The number of aromatic nitrogens is 1. The van der Waals surface area contributed by atoms with Gasteiger partial charge in [0, 0.05) is 17.3 Å². The summed E-state index contributed by atoms with van der Waals surface area (Å²) in [6.07, 6.45) is 1.59. The number of rotatable bonds is 4. The fourth-order valence-electron chi connectivity index (χ4n) is 1.54. The van der Waals surface area contributed by atoms with E-state index in [2.05, 4.69) is 9.71 Å². The van der Waals surface area contributed by atoms with E-state index in [9.17, 15) is 12.8 Å². The molecule has 1 heterocycles. The number of nitrogen functional groups attached to an aromatic ring is 1. The van der Waals surface area contributed by atoms with Gasteiger partial charge in [-0.3, -0.25) is 0 Å². The lowest BCUT2D eigenvalue weighted by Crippen LogP contribution is -2.27. The van der Waals surface area contributed by atoms with Crippen LogP contribution in [-0.2, 0) is 10.0 Å². The van der Waals surface area contributed by atoms with E-state index in [1.807, 2.05) is 0 Å². The highest BCUT2D eigenvalue weighted by Crippen LogP contribution is 2.20. The molecule has 102 valence electrons. The molecule has 0 bridgehead atoms. The molecule has 19 heavy (non-hydrogen) atoms. The van der Waals surface area contributed by atoms with Crippen LogP contribution in [0.2, 0.25) is 0 Å². The highest BCUT2D eigenvalue weighted by atomic mass is 32.2. The summed E-state index contributed by atoms with van der Waals surface area (Å²) in [5.74, 6) is -0.692. The molecular weight excluding hydrogens is 289 g/mol. The Labute approximate surface area is 114 Å². The lowest BCUT2D eigenvalue weighted by molar-refractivity contribution is 0.563. The maximum atomic E-state index is 13.2. The number of thiazole rings is 1. The van der Waals surface area contributed by atoms with E-state index in [-0.39, 0.29) is 10.6 Å². The third-order valence-electron chi connectivity index (χ3n) is 2.36. The summed E-state index contributed by atoms with van der Waals surface area (Å²) in [5.41, 5.74) is 5.50. The van der Waals surface area contributed by atoms with Gasteiger partial charge in [0.1, 0.15) is 10.8 Å². The van der Waals surface area contributed by atoms with Gasteiger partial charge in [0.2, 0.25) is 10.0 Å². The van der Waals surface area contributed by atoms with Crippen LogP contribution in [0.1, 0.15) is 18.0 Å². The molecule has 0 fully saturated rings. The van der Waals surface area contributed by atoms with E-state index < -0.39 is 21.9 Å². The Bertz CT molecular complexity index is 651. The van der Waals surface area contributed by atoms with Crippen LogP contribution < -0.4 is 10.5 Å². The lowest BCUT2D eigenvalue weighted by Gasteiger charge is -2.12. The van der Waals surface area contributed by atoms with Crippen LogP contribution in [0.5, 0.6) is 0 Å². The van der Waals surface area contributed by atoms with Crippen molar-refractivity contribution in [2.24, 2.45) is 0 Å². The van der Waals surface area contributed by atoms with Crippen LogP contribution in [0, 0.1) is 5.82 Å². The summed E-state index contributed by atoms with van der Waals surface area (Å²) < 4.78 is 39.8. The fourth-order valence-corrected chi connectivity index (χ4v) is 3.53. The van der Waals surface area contributed by atoms with Crippen LogP contribution in [0.4, 0.5) is 10.1 Å². The second-order valence-corrected chi connectivity index (χ2v) is 6.57. The van der Waals surface area contributed by atoms with E-state index in [0.717, 1.165) is 12.1 Å². The SMILES string of the molecule is CC(NS(=O)(=O)c1cc(N)cc(F)c1)c1nccs1. The van der Waals surface area contributed by atoms with Gasteiger partial charge in [-0.05, 0) is 25.1 Å². The molecule has 0 amide bonds. The number of hydrogen-bond donors (Lipinski definition) is 2. The number of halogens is 1. The lowest BCUT2D eigenvalue weighted by atomic mass is 10.3. The molecule has 0 aliphatic rings. The van der Waals surface area contributed by atoms with E-state index in [4.69, 9.17) is 5.73 Å². The van der Waals surface area contributed by atoms with Crippen LogP contribution in [0.3, 0.4) is 0 Å². The van der Waals surface area contributed by atoms with Crippen molar-refractivity contribution in [3.05, 3.63) is 40.6 Å². The standard InChI is InChI=1S/C11H12FN3O2S2/c1-7(11-14-2-3-18-11)15-19(16,17)10-5-8(12)4-9(13)6-10/h2-7,15H,13H2,1H3. The maximum Gasteiger partial charge on any atom is 0.241 e. The van der Waals surface area contributed by atoms with Crippen molar-refractivity contribution < 1.29 is 12.8 Å². The molecule has 1 aromatic heterocycles. The molecule has 2 rings (SSSR count). The van der Waals surface area contributed by atoms with Crippen LogP contribution in [0.15, 0.2) is 34.7 Å². The summed E-state index contributed by atoms with van der Waals surface area (Å²) in [6, 6.07) is 2.70. The van der Waals surface area contributed by atoms with Gasteiger partial charge in [0.05, 0.1) is 10.9 Å². The summed E-state index contributed by atoms with van der Waals surface area (Å²) in [7, 11) is -3.83. The van der Waals surface area contributed by atoms with Gasteiger partial charge in [0.25, 0.3) is 0 Å². The number of nitrogens with zero attached hydrogens (tertiary/aromatic N) is 1. The molecule has 1 atom stereocenters. The molecule has 0 saturated heterocycles. The molecule has 0 radical (unpaired) electrons. The quantitative estimate of drug-likeness (QED) is 0.845. The number of hydrogen-bond acceptors (Lipinski definition) is 5. The Morgan fingerprint density at radius 1 is 1.42 bits per heavy atom. The van der Waals surface area contributed by atoms with Gasteiger partial charge in [-0.2, -0.15) is 0 Å². The van der Waals surface area contributed by atoms with Crippen molar-refractivity contribution >= 4 is 27.0 Å². The van der Waals surface area contributed by atoms with Crippen molar-refractivity contribution in [1.82, 2.24) is 9.71 Å². The Balaban J connectivity index is 2.27. The van der Waals surface area contributed by atoms with Crippen molar-refractivity contribution in [2.45, 2.75) is 17.9 Å². The van der Waals surface area contributed by atoms with E-state index in [0.29, 0.717) is 5.01 Å². The van der Waals surface area contributed by atoms with Gasteiger partial charge in [-0.25, -0.2) is 22.5 Å². The first-order valence-electron chi connectivity index (χ1n) is 5.36. The topological polar surface area (TPSA) is 85.1 Å². The first-order chi connectivity index (χ1) is 8.88. The Morgan fingerprint density at radius 2 is 2.16 bits per heavy atom. The molecule has 1 unspecified atom stereocenters. The van der Waals surface area contributed by atoms with Gasteiger partial charge in [-0.1, -0.05) is 0 Å². The van der Waals surface area contributed by atoms with Crippen molar-refractivity contribution in [2.75, 3.05) is 5.73 Å². The molecule has 2 aromatic rings. The number of nitrogens with two attached hydrogens (primary N) is 1. The van der Waals surface area contributed by atoms with E-state index in [1.54, 1.807) is 18.5 Å². The minimum atomic E-state index is -3.83. The molecular formula is C11H12FN3O2S2. The van der Waals surface area contributed by atoms with Gasteiger partial charge >= 0.3 is 0 Å². The third kappa shape index (κ3) is 3.28. The van der Waals surface area contributed by atoms with Crippen molar-refractivity contribution in [3.8, 4) is 0 Å². The normalized spacial score (nSPS) is 13.4. The molecule has 8 heteroatoms. The van der Waals surface area contributed by atoms with E-state index >= 15 is 0 Å². The highest BCUT2D eigenvalue weighted by Gasteiger charge is 2.20. The third-order valence-corrected chi connectivity index (χ3v) is 4.84. The fraction of sp³-hybridized carbons (Fsp3) is 0.182. The van der Waals surface area contributed by atoms with Gasteiger partial charge < -0.3 is 5.73 Å². The Kier molecular flexibility index (Phi) is 3.83. The smallest absolute Gasteiger partial charge is 0.241 e. The Morgan fingerprint density at radius 3 is 2.74 bits per heavy atom. The molecule has 0 spiro atoms. The molecule has 0 aliphatic heterocycles. The summed E-state index contributed by atoms with van der Waals surface area (Å²) >= 11 is 1.34. The zero-order valence-corrected chi connectivity index (χ0v) is 11.6. The van der Waals surface area contributed by atoms with Crippen molar-refractivity contribution in [3.63, 3.8) is 0 Å². The number of benzene rings is 1. The number of sulfonamides is 1. The van der Waals surface area contributed by atoms with Crippen LogP contribution >= 0.6 is 11.3 Å². The van der Waals surface area contributed by atoms with E-state index in [1.165, 1.54) is 17.4 Å². The summed E-state index contributed by atoms with van der Waals surface area (Å²) in [5, 5.41) is 2.38. The van der Waals surface area contributed by atoms with Crippen molar-refractivity contribution in [1.29, 1.82) is 0 Å². The number of nitrogens with one attached hydrogen (secondary N) is 1. The Hall–Kier alpha value is -1.51. The largest absolute Gasteiger partial charge is 0.399 e. The average molecular weight is 301 g/mol. The van der Waals surface area contributed by atoms with Gasteiger partial charge in [0.15, 0.2) is 0 Å². The molecule has 1 aromatic carbocycles. The second kappa shape index (κ2) is 5.24. The zero-order valence-electron chi connectivity index (χ0n) is 10.00. The second-order valence-electron chi connectivity index (χ2n) is 3.93. The average Bonchev–Trinajstić information content (AvgIpc) is 2.80. The molecule has 0 aliphatic carbocycles. The predicted molar refractivity (Wildman–Crippen MR) is 71.7 cm³/mol. The van der Waals surface area contributed by atoms with Crippen LogP contribution in [-0.4, -0.2) is 13.4 Å². The summed E-state index contributed by atoms with van der Waals surface area (Å²) in [4.78, 5) is 3.82. The monoisotopic (exact) mass is 301 g/mol. The zero-order chi connectivity index (χ0) is 14.0. The summed E-state index contributed by atoms with van der Waals surface area (Å²) in [6.45, 7) is 1.67. The molecule has 3 N–H and O–H groups in total. The minimum Gasteiger partial charge on any atom is -0.399 e.